The fraction of sp³-hybridized carbons (Fsp3) is 0.704. The number of hydrogen-bond donors (Lipinski definition) is 2. The second-order valence-corrected chi connectivity index (χ2v) is 12.9. The summed E-state index contributed by atoms with van der Waals surface area (Å²) < 4.78 is 0.342. The van der Waals surface area contributed by atoms with E-state index >= 15 is 0 Å². The van der Waals surface area contributed by atoms with E-state index in [1.807, 2.05) is 0 Å². The van der Waals surface area contributed by atoms with Crippen LogP contribution < -0.4 is 0 Å². The first-order valence-electron chi connectivity index (χ1n) is 11.8. The third kappa shape index (κ3) is 5.34. The second kappa shape index (κ2) is 9.38. The minimum Gasteiger partial charge on any atom is -0.393 e. The summed E-state index contributed by atoms with van der Waals surface area (Å²) in [6.07, 6.45) is 13.0. The fourth-order valence-electron chi connectivity index (χ4n) is 5.78. The Morgan fingerprint density at radius 2 is 2.03 bits per heavy atom. The van der Waals surface area contributed by atoms with Crippen LogP contribution in [-0.2, 0) is 0 Å². The lowest BCUT2D eigenvalue weighted by atomic mass is 9.62. The van der Waals surface area contributed by atoms with Gasteiger partial charge in [0.25, 0.3) is 0 Å². The van der Waals surface area contributed by atoms with E-state index in [-0.39, 0.29) is 5.41 Å². The molecule has 3 aliphatic carbocycles. The number of fused-ring (bicyclic) bond motifs is 1. The molecule has 2 saturated carbocycles. The zero-order valence-electron chi connectivity index (χ0n) is 19.7. The molecule has 2 fully saturated rings. The van der Waals surface area contributed by atoms with Gasteiger partial charge in [-0.1, -0.05) is 70.6 Å². The van der Waals surface area contributed by atoms with E-state index in [1.165, 1.54) is 25.0 Å². The van der Waals surface area contributed by atoms with Gasteiger partial charge in [-0.15, -0.1) is 0 Å². The van der Waals surface area contributed by atoms with Crippen LogP contribution in [0.25, 0.3) is 0 Å². The summed E-state index contributed by atoms with van der Waals surface area (Å²) in [5.41, 5.74) is 5.32. The number of hydrogen-bond acceptors (Lipinski definition) is 3. The Labute approximate surface area is 188 Å². The molecular formula is C27H42O2S. The molecule has 4 unspecified atom stereocenters. The lowest BCUT2D eigenvalue weighted by molar-refractivity contribution is 0.0862. The monoisotopic (exact) mass is 430 g/mol. The average Bonchev–Trinajstić information content (AvgIpc) is 3.00. The molecule has 5 atom stereocenters. The maximum atomic E-state index is 10.1. The van der Waals surface area contributed by atoms with Gasteiger partial charge in [0.15, 0.2) is 0 Å². The Balaban J connectivity index is 1.71. The first kappa shape index (κ1) is 23.9. The Bertz CT molecular complexity index is 738. The van der Waals surface area contributed by atoms with Crippen molar-refractivity contribution < 1.29 is 10.2 Å². The predicted octanol–water partition coefficient (Wildman–Crippen LogP) is 6.61. The minimum atomic E-state index is -0.610. The van der Waals surface area contributed by atoms with E-state index in [0.717, 1.165) is 24.0 Å². The van der Waals surface area contributed by atoms with Crippen molar-refractivity contribution in [2.45, 2.75) is 96.5 Å². The molecule has 0 aromatic heterocycles. The number of aliphatic hydroxyl groups is 2. The molecule has 168 valence electrons. The molecule has 3 rings (SSSR count). The zero-order valence-corrected chi connectivity index (χ0v) is 20.5. The van der Waals surface area contributed by atoms with E-state index < -0.39 is 12.2 Å². The standard InChI is InChI=1S/C27H42O2S/c1-18(13-15-30-26(3,4)5)23-11-12-24-20(8-7-14-27(23,24)6)9-10-21-16-22(28)17-25(29)19(21)2/h9-11,18,22,24-25,28-29H,2,7-8,12-17H2,1,3-6H3/b20-9+,21-10-/t18-,22?,24?,25?,27?/m1/s1. The van der Waals surface area contributed by atoms with Crippen molar-refractivity contribution >= 4 is 11.8 Å². The van der Waals surface area contributed by atoms with Crippen molar-refractivity contribution in [3.05, 3.63) is 47.1 Å². The number of allylic oxidation sites excluding steroid dienone is 5. The molecule has 0 aromatic rings. The van der Waals surface area contributed by atoms with Gasteiger partial charge in [-0.25, -0.2) is 0 Å². The highest BCUT2D eigenvalue weighted by Gasteiger charge is 2.45. The Kier molecular flexibility index (Phi) is 7.47. The molecule has 2 nitrogen and oxygen atoms in total. The number of thioether (sulfide) groups is 1. The van der Waals surface area contributed by atoms with Gasteiger partial charge in [0.05, 0.1) is 12.2 Å². The summed E-state index contributed by atoms with van der Waals surface area (Å²) in [6, 6.07) is 0. The van der Waals surface area contributed by atoms with Crippen molar-refractivity contribution in [2.24, 2.45) is 17.3 Å². The highest BCUT2D eigenvalue weighted by Crippen LogP contribution is 2.57. The molecule has 0 bridgehead atoms. The van der Waals surface area contributed by atoms with Gasteiger partial charge in [0.2, 0.25) is 0 Å². The van der Waals surface area contributed by atoms with Gasteiger partial charge in [-0.05, 0) is 72.7 Å². The molecule has 0 heterocycles. The molecule has 2 N–H and O–H groups in total. The molecule has 30 heavy (non-hydrogen) atoms. The van der Waals surface area contributed by atoms with Gasteiger partial charge in [0.1, 0.15) is 0 Å². The van der Waals surface area contributed by atoms with E-state index in [4.69, 9.17) is 0 Å². The summed E-state index contributed by atoms with van der Waals surface area (Å²) in [7, 11) is 0. The molecule has 0 spiro atoms. The third-order valence-electron chi connectivity index (χ3n) is 7.49. The van der Waals surface area contributed by atoms with Gasteiger partial charge in [-0.3, -0.25) is 0 Å². The van der Waals surface area contributed by atoms with Crippen molar-refractivity contribution in [3.8, 4) is 0 Å². The molecule has 0 saturated heterocycles. The van der Waals surface area contributed by atoms with Crippen molar-refractivity contribution in [2.75, 3.05) is 5.75 Å². The first-order valence-corrected chi connectivity index (χ1v) is 12.8. The molecule has 0 radical (unpaired) electrons. The van der Waals surface area contributed by atoms with E-state index in [1.54, 1.807) is 11.1 Å². The van der Waals surface area contributed by atoms with E-state index in [9.17, 15) is 10.2 Å². The van der Waals surface area contributed by atoms with Crippen molar-refractivity contribution in [1.82, 2.24) is 0 Å². The van der Waals surface area contributed by atoms with E-state index in [0.29, 0.717) is 29.4 Å². The maximum absolute atomic E-state index is 10.1. The lowest BCUT2D eigenvalue weighted by Crippen LogP contribution is -2.32. The molecular weight excluding hydrogens is 388 g/mol. The molecule has 0 aromatic carbocycles. The van der Waals surface area contributed by atoms with Crippen LogP contribution in [-0.4, -0.2) is 32.9 Å². The van der Waals surface area contributed by atoms with Crippen LogP contribution in [0.4, 0.5) is 0 Å². The number of rotatable bonds is 5. The third-order valence-corrected chi connectivity index (χ3v) is 8.80. The molecule has 3 heteroatoms. The van der Waals surface area contributed by atoms with Crippen LogP contribution in [0, 0.1) is 17.3 Å². The van der Waals surface area contributed by atoms with Crippen LogP contribution in [0.15, 0.2) is 47.1 Å². The Morgan fingerprint density at radius 3 is 2.73 bits per heavy atom. The Hall–Kier alpha value is -0.770. The number of aliphatic hydroxyl groups excluding tert-OH is 2. The molecule has 0 aliphatic heterocycles. The van der Waals surface area contributed by atoms with Gasteiger partial charge >= 0.3 is 0 Å². The summed E-state index contributed by atoms with van der Waals surface area (Å²) >= 11 is 2.08. The minimum absolute atomic E-state index is 0.289. The van der Waals surface area contributed by atoms with Crippen LogP contribution in [0.5, 0.6) is 0 Å². The van der Waals surface area contributed by atoms with E-state index in [2.05, 4.69) is 71.2 Å². The van der Waals surface area contributed by atoms with Crippen molar-refractivity contribution in [1.29, 1.82) is 0 Å². The zero-order chi connectivity index (χ0) is 22.1. The summed E-state index contributed by atoms with van der Waals surface area (Å²) in [5, 5.41) is 20.2. The summed E-state index contributed by atoms with van der Waals surface area (Å²) in [6.45, 7) is 15.9. The summed E-state index contributed by atoms with van der Waals surface area (Å²) in [4.78, 5) is 0. The highest BCUT2D eigenvalue weighted by atomic mass is 32.2. The van der Waals surface area contributed by atoms with Crippen LogP contribution in [0.1, 0.15) is 79.6 Å². The predicted molar refractivity (Wildman–Crippen MR) is 131 cm³/mol. The lowest BCUT2D eigenvalue weighted by Gasteiger charge is -2.42. The highest BCUT2D eigenvalue weighted by molar-refractivity contribution is 8.00. The van der Waals surface area contributed by atoms with Gasteiger partial charge in [0, 0.05) is 11.2 Å². The largest absolute Gasteiger partial charge is 0.393 e. The van der Waals surface area contributed by atoms with Crippen LogP contribution in [0.3, 0.4) is 0 Å². The Morgan fingerprint density at radius 1 is 1.30 bits per heavy atom. The normalized spacial score (nSPS) is 36.2. The van der Waals surface area contributed by atoms with Gasteiger partial charge < -0.3 is 10.2 Å². The molecule has 3 aliphatic rings. The van der Waals surface area contributed by atoms with Crippen molar-refractivity contribution in [3.63, 3.8) is 0 Å². The fourth-order valence-corrected chi connectivity index (χ4v) is 6.86. The topological polar surface area (TPSA) is 40.5 Å². The quantitative estimate of drug-likeness (QED) is 0.482. The van der Waals surface area contributed by atoms with Crippen LogP contribution >= 0.6 is 11.8 Å². The smallest absolute Gasteiger partial charge is 0.0811 e. The summed E-state index contributed by atoms with van der Waals surface area (Å²) in [5.74, 6) is 2.48. The van der Waals surface area contributed by atoms with Crippen LogP contribution in [0.2, 0.25) is 0 Å². The molecule has 0 amide bonds. The first-order chi connectivity index (χ1) is 14.0. The second-order valence-electron chi connectivity index (χ2n) is 10.9. The average molecular weight is 431 g/mol. The maximum Gasteiger partial charge on any atom is 0.0811 e. The van der Waals surface area contributed by atoms with Gasteiger partial charge in [-0.2, -0.15) is 11.8 Å². The SMILES string of the molecule is C=C1/C(=C\C=C2/CCCC3(C)C([C@H](C)CCSC(C)(C)C)=CCC23)CC(O)CC1O.